The van der Waals surface area contributed by atoms with Crippen LogP contribution in [0.25, 0.3) is 11.4 Å². The van der Waals surface area contributed by atoms with Crippen molar-refractivity contribution >= 4 is 23.7 Å². The molecule has 9 heteroatoms. The highest BCUT2D eigenvalue weighted by Gasteiger charge is 2.21. The van der Waals surface area contributed by atoms with E-state index in [-0.39, 0.29) is 0 Å². The fourth-order valence-electron chi connectivity index (χ4n) is 1.74. The Balaban J connectivity index is 2.11. The van der Waals surface area contributed by atoms with Gasteiger partial charge in [0.25, 0.3) is 0 Å². The number of nitrogen functional groups attached to an aromatic ring is 1. The number of carbonyl (C=O) groups is 2. The Bertz CT molecular complexity index is 713. The summed E-state index contributed by atoms with van der Waals surface area (Å²) in [5.41, 5.74) is 1.96. The second kappa shape index (κ2) is 7.14. The van der Waals surface area contributed by atoms with Gasteiger partial charge in [-0.1, -0.05) is 41.6 Å². The molecule has 1 heterocycles. The Morgan fingerprint density at radius 2 is 1.91 bits per heavy atom. The van der Waals surface area contributed by atoms with Gasteiger partial charge >= 0.3 is 6.03 Å². The summed E-state index contributed by atoms with van der Waals surface area (Å²) in [6.45, 7) is 3.65. The third-order valence-corrected chi connectivity index (χ3v) is 4.15. The molecule has 2 rings (SSSR count). The average molecular weight is 334 g/mol. The van der Waals surface area contributed by atoms with Crippen LogP contribution in [-0.2, 0) is 4.79 Å². The SMILES string of the molecule is CNC(=O)NC(=O)[C@@H](C)Sc1nnc(-c2ccc(C)cc2)n1N. The van der Waals surface area contributed by atoms with E-state index < -0.39 is 17.2 Å². The number of aromatic nitrogens is 3. The number of nitrogens with zero attached hydrogens (tertiary/aromatic N) is 3. The second-order valence-electron chi connectivity index (χ2n) is 4.87. The van der Waals surface area contributed by atoms with E-state index in [1.807, 2.05) is 31.2 Å². The van der Waals surface area contributed by atoms with E-state index in [9.17, 15) is 9.59 Å². The van der Waals surface area contributed by atoms with Gasteiger partial charge in [-0.15, -0.1) is 10.2 Å². The van der Waals surface area contributed by atoms with Gasteiger partial charge in [-0.2, -0.15) is 0 Å². The fraction of sp³-hybridized carbons (Fsp3) is 0.286. The smallest absolute Gasteiger partial charge is 0.321 e. The van der Waals surface area contributed by atoms with Crippen LogP contribution in [0.5, 0.6) is 0 Å². The van der Waals surface area contributed by atoms with Gasteiger partial charge in [0.15, 0.2) is 5.82 Å². The summed E-state index contributed by atoms with van der Waals surface area (Å²) in [7, 11) is 1.44. The molecule has 0 bridgehead atoms. The maximum Gasteiger partial charge on any atom is 0.321 e. The zero-order valence-electron chi connectivity index (χ0n) is 13.0. The first-order valence-corrected chi connectivity index (χ1v) is 7.77. The van der Waals surface area contributed by atoms with Gasteiger partial charge in [-0.3, -0.25) is 10.1 Å². The van der Waals surface area contributed by atoms with Gasteiger partial charge in [-0.25, -0.2) is 9.47 Å². The maximum atomic E-state index is 11.9. The molecule has 1 atom stereocenters. The quantitative estimate of drug-likeness (QED) is 0.565. The van der Waals surface area contributed by atoms with E-state index in [1.54, 1.807) is 6.92 Å². The predicted molar refractivity (Wildman–Crippen MR) is 88.3 cm³/mol. The molecular weight excluding hydrogens is 316 g/mol. The minimum atomic E-state index is -0.558. The number of nitrogens with one attached hydrogen (secondary N) is 2. The Morgan fingerprint density at radius 3 is 2.52 bits per heavy atom. The second-order valence-corrected chi connectivity index (χ2v) is 6.18. The van der Waals surface area contributed by atoms with Crippen molar-refractivity contribution in [3.63, 3.8) is 0 Å². The largest absolute Gasteiger partial charge is 0.341 e. The summed E-state index contributed by atoms with van der Waals surface area (Å²) < 4.78 is 1.33. The van der Waals surface area contributed by atoms with Crippen molar-refractivity contribution in [2.75, 3.05) is 12.9 Å². The standard InChI is InChI=1S/C14H18N6O2S/c1-8-4-6-10(7-5-8)11-18-19-14(20(11)15)23-9(2)12(21)17-13(22)16-3/h4-7,9H,15H2,1-3H3,(H2,16,17,21,22)/t9-/m1/s1. The van der Waals surface area contributed by atoms with Gasteiger partial charge in [0.1, 0.15) is 0 Å². The molecular formula is C14H18N6O2S. The van der Waals surface area contributed by atoms with E-state index in [2.05, 4.69) is 20.8 Å². The summed E-state index contributed by atoms with van der Waals surface area (Å²) >= 11 is 1.12. The molecule has 0 fully saturated rings. The van der Waals surface area contributed by atoms with Crippen LogP contribution >= 0.6 is 11.8 Å². The minimum Gasteiger partial charge on any atom is -0.341 e. The molecule has 8 nitrogen and oxygen atoms in total. The maximum absolute atomic E-state index is 11.9. The van der Waals surface area contributed by atoms with Crippen molar-refractivity contribution in [1.82, 2.24) is 25.5 Å². The molecule has 4 N–H and O–H groups in total. The van der Waals surface area contributed by atoms with Gasteiger partial charge < -0.3 is 11.2 Å². The number of amides is 3. The highest BCUT2D eigenvalue weighted by molar-refractivity contribution is 8.00. The Labute approximate surface area is 137 Å². The third-order valence-electron chi connectivity index (χ3n) is 3.09. The third kappa shape index (κ3) is 4.01. The summed E-state index contributed by atoms with van der Waals surface area (Å²) in [4.78, 5) is 23.0. The lowest BCUT2D eigenvalue weighted by molar-refractivity contribution is -0.119. The molecule has 0 spiro atoms. The zero-order chi connectivity index (χ0) is 17.0. The number of nitrogens with two attached hydrogens (primary N) is 1. The summed E-state index contributed by atoms with van der Waals surface area (Å²) in [6.07, 6.45) is 0. The lowest BCUT2D eigenvalue weighted by atomic mass is 10.1. The number of urea groups is 1. The monoisotopic (exact) mass is 334 g/mol. The van der Waals surface area contributed by atoms with Crippen molar-refractivity contribution < 1.29 is 9.59 Å². The van der Waals surface area contributed by atoms with Crippen molar-refractivity contribution in [3.8, 4) is 11.4 Å². The minimum absolute atomic E-state index is 0.389. The first-order valence-electron chi connectivity index (χ1n) is 6.89. The normalized spacial score (nSPS) is 11.8. The molecule has 0 radical (unpaired) electrons. The number of imide groups is 1. The topological polar surface area (TPSA) is 115 Å². The molecule has 0 saturated carbocycles. The van der Waals surface area contributed by atoms with E-state index in [0.717, 1.165) is 22.9 Å². The number of rotatable bonds is 4. The van der Waals surface area contributed by atoms with Crippen LogP contribution in [0.15, 0.2) is 29.4 Å². The first kappa shape index (κ1) is 16.8. The van der Waals surface area contributed by atoms with E-state index in [4.69, 9.17) is 5.84 Å². The molecule has 23 heavy (non-hydrogen) atoms. The van der Waals surface area contributed by atoms with Crippen molar-refractivity contribution in [3.05, 3.63) is 29.8 Å². The van der Waals surface area contributed by atoms with Crippen LogP contribution in [0.1, 0.15) is 12.5 Å². The number of benzene rings is 1. The highest BCUT2D eigenvalue weighted by Crippen LogP contribution is 2.24. The van der Waals surface area contributed by atoms with Gasteiger partial charge in [-0.05, 0) is 13.8 Å². The summed E-state index contributed by atoms with van der Waals surface area (Å²) in [5.74, 6) is 6.08. The number of thioether (sulfide) groups is 1. The molecule has 0 unspecified atom stereocenters. The number of carbonyl (C=O) groups excluding carboxylic acids is 2. The lowest BCUT2D eigenvalue weighted by Gasteiger charge is -2.10. The molecule has 0 aliphatic rings. The summed E-state index contributed by atoms with van der Waals surface area (Å²) in [6, 6.07) is 7.15. The Hall–Kier alpha value is -2.55. The predicted octanol–water partition coefficient (Wildman–Crippen LogP) is 0.904. The van der Waals surface area contributed by atoms with Crippen LogP contribution in [0.2, 0.25) is 0 Å². The average Bonchev–Trinajstić information content (AvgIpc) is 2.89. The number of hydrogen-bond donors (Lipinski definition) is 3. The molecule has 3 amide bonds. The molecule has 0 aliphatic carbocycles. The number of aryl methyl sites for hydroxylation is 1. The van der Waals surface area contributed by atoms with E-state index in [0.29, 0.717) is 11.0 Å². The van der Waals surface area contributed by atoms with E-state index in [1.165, 1.54) is 11.7 Å². The van der Waals surface area contributed by atoms with Gasteiger partial charge in [0.05, 0.1) is 5.25 Å². The fourth-order valence-corrected chi connectivity index (χ4v) is 2.51. The van der Waals surface area contributed by atoms with Crippen LogP contribution in [0, 0.1) is 6.92 Å². The molecule has 122 valence electrons. The van der Waals surface area contributed by atoms with Crippen molar-refractivity contribution in [2.45, 2.75) is 24.3 Å². The first-order chi connectivity index (χ1) is 10.9. The molecule has 1 aromatic heterocycles. The van der Waals surface area contributed by atoms with Crippen molar-refractivity contribution in [2.24, 2.45) is 0 Å². The van der Waals surface area contributed by atoms with Crippen molar-refractivity contribution in [1.29, 1.82) is 0 Å². The van der Waals surface area contributed by atoms with Gasteiger partial charge in [0, 0.05) is 12.6 Å². The molecule has 0 aliphatic heterocycles. The van der Waals surface area contributed by atoms with Crippen LogP contribution in [0.4, 0.5) is 4.79 Å². The van der Waals surface area contributed by atoms with Crippen LogP contribution in [0.3, 0.4) is 0 Å². The van der Waals surface area contributed by atoms with Gasteiger partial charge in [0.2, 0.25) is 11.1 Å². The Kier molecular flexibility index (Phi) is 5.22. The van der Waals surface area contributed by atoms with Crippen LogP contribution < -0.4 is 16.5 Å². The molecule has 1 aromatic carbocycles. The lowest BCUT2D eigenvalue weighted by Crippen LogP contribution is -2.41. The molecule has 0 saturated heterocycles. The highest BCUT2D eigenvalue weighted by atomic mass is 32.2. The zero-order valence-corrected chi connectivity index (χ0v) is 13.8. The van der Waals surface area contributed by atoms with E-state index >= 15 is 0 Å². The Morgan fingerprint density at radius 1 is 1.26 bits per heavy atom. The number of hydrogen-bond acceptors (Lipinski definition) is 6. The summed E-state index contributed by atoms with van der Waals surface area (Å²) in [5, 5.41) is 12.4. The van der Waals surface area contributed by atoms with Crippen LogP contribution in [-0.4, -0.2) is 39.1 Å². The molecule has 2 aromatic rings.